The molecule has 2 atom stereocenters. The molecule has 0 heterocycles. The van der Waals surface area contributed by atoms with Gasteiger partial charge in [0.2, 0.25) is 0 Å². The standard InChI is InChI=1S/C34H64NO8P/c1-3-5-6-7-8-9-10-11-12-13-14-15-16-17-18-19-20-21-22-23-24-25-26-27-34(37)43-32(30-40-33(36)4-2)31-42-44(38,39)41-29-28-35/h10-11,13-14,32H,3-9,12,15-31,35H2,1-2H3,(H,38,39)/b11-10-,14-13-. The molecule has 0 radical (unpaired) electrons. The SMILES string of the molecule is CCCCCCC/C=C\C/C=C\CCCCCCCCCCCCCC(=O)OC(COC(=O)CC)COP(=O)(O)OCCN. The van der Waals surface area contributed by atoms with Crippen molar-refractivity contribution in [1.29, 1.82) is 0 Å². The van der Waals surface area contributed by atoms with Gasteiger partial charge in [-0.25, -0.2) is 4.57 Å². The van der Waals surface area contributed by atoms with Gasteiger partial charge in [0, 0.05) is 19.4 Å². The second kappa shape index (κ2) is 31.5. The number of phosphoric ester groups is 1. The molecule has 3 N–H and O–H groups in total. The summed E-state index contributed by atoms with van der Waals surface area (Å²) in [6, 6.07) is 0. The quantitative estimate of drug-likeness (QED) is 0.0318. The number of carbonyl (C=O) groups excluding carboxylic acids is 2. The Morgan fingerprint density at radius 1 is 0.705 bits per heavy atom. The van der Waals surface area contributed by atoms with Crippen LogP contribution in [0.4, 0.5) is 0 Å². The predicted octanol–water partition coefficient (Wildman–Crippen LogP) is 8.88. The fourth-order valence-electron chi connectivity index (χ4n) is 4.53. The highest BCUT2D eigenvalue weighted by atomic mass is 31.2. The summed E-state index contributed by atoms with van der Waals surface area (Å²) in [6.07, 6.45) is 31.7. The largest absolute Gasteiger partial charge is 0.472 e. The summed E-state index contributed by atoms with van der Waals surface area (Å²) in [6.45, 7) is 3.10. The first-order chi connectivity index (χ1) is 21.3. The van der Waals surface area contributed by atoms with E-state index in [0.29, 0.717) is 6.42 Å². The van der Waals surface area contributed by atoms with Gasteiger partial charge in [-0.1, -0.05) is 122 Å². The van der Waals surface area contributed by atoms with E-state index in [0.717, 1.165) is 25.7 Å². The number of carbonyl (C=O) groups is 2. The molecular weight excluding hydrogens is 581 g/mol. The van der Waals surface area contributed by atoms with E-state index >= 15 is 0 Å². The van der Waals surface area contributed by atoms with Gasteiger partial charge in [0.05, 0.1) is 13.2 Å². The summed E-state index contributed by atoms with van der Waals surface area (Å²) in [7, 11) is -4.34. The van der Waals surface area contributed by atoms with Crippen LogP contribution in [0.3, 0.4) is 0 Å². The fraction of sp³-hybridized carbons (Fsp3) is 0.824. The van der Waals surface area contributed by atoms with E-state index in [1.54, 1.807) is 6.92 Å². The lowest BCUT2D eigenvalue weighted by Gasteiger charge is -2.19. The number of esters is 2. The maximum absolute atomic E-state index is 12.3. The van der Waals surface area contributed by atoms with Crippen LogP contribution in [-0.4, -0.2) is 49.3 Å². The lowest BCUT2D eigenvalue weighted by molar-refractivity contribution is -0.161. The van der Waals surface area contributed by atoms with E-state index < -0.39 is 32.5 Å². The van der Waals surface area contributed by atoms with Crippen LogP contribution in [0.5, 0.6) is 0 Å². The molecule has 0 bridgehead atoms. The summed E-state index contributed by atoms with van der Waals surface area (Å²) in [4.78, 5) is 33.4. The van der Waals surface area contributed by atoms with Crippen molar-refractivity contribution in [1.82, 2.24) is 0 Å². The third-order valence-corrected chi connectivity index (χ3v) is 8.13. The van der Waals surface area contributed by atoms with Crippen LogP contribution in [0.1, 0.15) is 149 Å². The number of unbranched alkanes of at least 4 members (excludes halogenated alkanes) is 16. The molecule has 0 fully saturated rings. The van der Waals surface area contributed by atoms with Gasteiger partial charge in [0.15, 0.2) is 6.10 Å². The monoisotopic (exact) mass is 645 g/mol. The Labute approximate surface area is 268 Å². The molecule has 9 nitrogen and oxygen atoms in total. The third-order valence-electron chi connectivity index (χ3n) is 7.14. The predicted molar refractivity (Wildman–Crippen MR) is 178 cm³/mol. The van der Waals surface area contributed by atoms with Gasteiger partial charge < -0.3 is 20.1 Å². The van der Waals surface area contributed by atoms with E-state index in [2.05, 4.69) is 35.8 Å². The van der Waals surface area contributed by atoms with Crippen molar-refractivity contribution in [3.8, 4) is 0 Å². The lowest BCUT2D eigenvalue weighted by atomic mass is 10.0. The van der Waals surface area contributed by atoms with E-state index in [1.807, 2.05) is 0 Å². The lowest BCUT2D eigenvalue weighted by Crippen LogP contribution is -2.29. The van der Waals surface area contributed by atoms with Gasteiger partial charge >= 0.3 is 19.8 Å². The van der Waals surface area contributed by atoms with Crippen molar-refractivity contribution >= 4 is 19.8 Å². The Morgan fingerprint density at radius 2 is 1.23 bits per heavy atom. The molecule has 0 aromatic carbocycles. The van der Waals surface area contributed by atoms with Crippen LogP contribution in [0, 0.1) is 0 Å². The fourth-order valence-corrected chi connectivity index (χ4v) is 5.29. The maximum atomic E-state index is 12.3. The second-order valence-corrected chi connectivity index (χ2v) is 12.8. The topological polar surface area (TPSA) is 134 Å². The van der Waals surface area contributed by atoms with Gasteiger partial charge in [0.1, 0.15) is 6.61 Å². The number of hydrogen-bond donors (Lipinski definition) is 2. The molecule has 0 rings (SSSR count). The smallest absolute Gasteiger partial charge is 0.462 e. The van der Waals surface area contributed by atoms with Crippen LogP contribution in [0.25, 0.3) is 0 Å². The average Bonchev–Trinajstić information content (AvgIpc) is 3.01. The summed E-state index contributed by atoms with van der Waals surface area (Å²) in [5, 5.41) is 0. The van der Waals surface area contributed by atoms with E-state index in [9.17, 15) is 19.0 Å². The Balaban J connectivity index is 3.76. The highest BCUT2D eigenvalue weighted by Gasteiger charge is 2.25. The number of ether oxygens (including phenoxy) is 2. The molecule has 10 heteroatoms. The minimum Gasteiger partial charge on any atom is -0.462 e. The molecule has 0 aliphatic heterocycles. The molecular formula is C34H64NO8P. The highest BCUT2D eigenvalue weighted by molar-refractivity contribution is 7.47. The number of nitrogens with two attached hydrogens (primary N) is 1. The number of allylic oxidation sites excluding steroid dienone is 4. The maximum Gasteiger partial charge on any atom is 0.472 e. The Morgan fingerprint density at radius 3 is 1.75 bits per heavy atom. The minimum absolute atomic E-state index is 0.0523. The number of hydrogen-bond acceptors (Lipinski definition) is 8. The van der Waals surface area contributed by atoms with Crippen LogP contribution in [0.2, 0.25) is 0 Å². The first-order valence-electron chi connectivity index (χ1n) is 17.3. The summed E-state index contributed by atoms with van der Waals surface area (Å²) < 4.78 is 31.8. The zero-order valence-electron chi connectivity index (χ0n) is 27.9. The Kier molecular flexibility index (Phi) is 30.4. The van der Waals surface area contributed by atoms with Gasteiger partial charge in [-0.3, -0.25) is 18.6 Å². The first-order valence-corrected chi connectivity index (χ1v) is 18.8. The zero-order valence-corrected chi connectivity index (χ0v) is 28.8. The van der Waals surface area contributed by atoms with Crippen molar-refractivity contribution in [2.24, 2.45) is 5.73 Å². The first kappa shape index (κ1) is 42.5. The molecule has 0 saturated carbocycles. The molecule has 44 heavy (non-hydrogen) atoms. The molecule has 0 amide bonds. The van der Waals surface area contributed by atoms with Crippen LogP contribution >= 0.6 is 7.82 Å². The summed E-state index contributed by atoms with van der Waals surface area (Å²) >= 11 is 0. The van der Waals surface area contributed by atoms with Crippen molar-refractivity contribution in [3.63, 3.8) is 0 Å². The van der Waals surface area contributed by atoms with E-state index in [-0.39, 0.29) is 32.6 Å². The van der Waals surface area contributed by atoms with Crippen LogP contribution < -0.4 is 5.73 Å². The van der Waals surface area contributed by atoms with Crippen molar-refractivity contribution in [2.75, 3.05) is 26.4 Å². The molecule has 0 aliphatic rings. The molecule has 2 unspecified atom stereocenters. The normalized spacial score (nSPS) is 13.8. The second-order valence-electron chi connectivity index (χ2n) is 11.3. The molecule has 0 aromatic rings. The zero-order chi connectivity index (χ0) is 32.6. The van der Waals surface area contributed by atoms with Crippen molar-refractivity contribution in [2.45, 2.75) is 155 Å². The highest BCUT2D eigenvalue weighted by Crippen LogP contribution is 2.43. The summed E-state index contributed by atoms with van der Waals surface area (Å²) in [5.74, 6) is -0.930. The van der Waals surface area contributed by atoms with Gasteiger partial charge in [-0.15, -0.1) is 0 Å². The van der Waals surface area contributed by atoms with E-state index in [4.69, 9.17) is 19.7 Å². The van der Waals surface area contributed by atoms with Crippen molar-refractivity contribution in [3.05, 3.63) is 24.3 Å². The van der Waals surface area contributed by atoms with Crippen LogP contribution in [0.15, 0.2) is 24.3 Å². The number of phosphoric acid groups is 1. The molecule has 0 saturated heterocycles. The minimum atomic E-state index is -4.34. The average molecular weight is 646 g/mol. The Bertz CT molecular complexity index is 789. The number of rotatable bonds is 32. The molecule has 0 aliphatic carbocycles. The Hall–Kier alpha value is -1.51. The molecule has 0 spiro atoms. The van der Waals surface area contributed by atoms with E-state index in [1.165, 1.54) is 89.9 Å². The van der Waals surface area contributed by atoms with Crippen LogP contribution in [-0.2, 0) is 32.7 Å². The van der Waals surface area contributed by atoms with Crippen molar-refractivity contribution < 1.29 is 37.6 Å². The van der Waals surface area contributed by atoms with Gasteiger partial charge in [0.25, 0.3) is 0 Å². The van der Waals surface area contributed by atoms with Gasteiger partial charge in [-0.05, 0) is 38.5 Å². The van der Waals surface area contributed by atoms with Gasteiger partial charge in [-0.2, -0.15) is 0 Å². The molecule has 0 aromatic heterocycles. The third kappa shape index (κ3) is 30.5. The molecule has 258 valence electrons. The summed E-state index contributed by atoms with van der Waals surface area (Å²) in [5.41, 5.74) is 5.26.